The minimum atomic E-state index is -3.87. The Balaban J connectivity index is 1.33. The van der Waals surface area contributed by atoms with Gasteiger partial charge in [0.2, 0.25) is 11.2 Å². The predicted molar refractivity (Wildman–Crippen MR) is 144 cm³/mol. The largest absolute Gasteiger partial charge is 0.361 e. The summed E-state index contributed by atoms with van der Waals surface area (Å²) >= 11 is 0. The molecule has 0 spiro atoms. The van der Waals surface area contributed by atoms with Crippen molar-refractivity contribution >= 4 is 22.8 Å². The number of hydrogen-bond donors (Lipinski definition) is 3. The maximum atomic E-state index is 15.1. The molecule has 3 fully saturated rings. The zero-order valence-electron chi connectivity index (χ0n) is 22.4. The summed E-state index contributed by atoms with van der Waals surface area (Å²) in [6, 6.07) is 5.43. The number of piperidine rings is 1. The molecule has 1 amide bonds. The Hall–Kier alpha value is -3.77. The highest BCUT2D eigenvalue weighted by Crippen LogP contribution is 2.55. The molecule has 3 heterocycles. The molecule has 3 aromatic rings. The number of carbonyl (C=O) groups excluding carboxylic acids is 1. The third kappa shape index (κ3) is 4.22. The molecule has 7 rings (SSSR count). The molecule has 42 heavy (non-hydrogen) atoms. The quantitative estimate of drug-likeness (QED) is 0.316. The van der Waals surface area contributed by atoms with E-state index in [2.05, 4.69) is 10.3 Å². The Morgan fingerprint density at radius 1 is 1.12 bits per heavy atom. The number of amides is 1. The molecule has 0 radical (unpaired) electrons. The molecule has 3 unspecified atom stereocenters. The van der Waals surface area contributed by atoms with Crippen LogP contribution in [-0.2, 0) is 0 Å². The second kappa shape index (κ2) is 9.37. The van der Waals surface area contributed by atoms with E-state index in [9.17, 15) is 33.0 Å². The van der Waals surface area contributed by atoms with Gasteiger partial charge in [0.1, 0.15) is 23.0 Å². The van der Waals surface area contributed by atoms with Gasteiger partial charge in [0, 0.05) is 30.9 Å². The first-order valence-corrected chi connectivity index (χ1v) is 14.0. The maximum absolute atomic E-state index is 15.1. The van der Waals surface area contributed by atoms with E-state index in [1.165, 1.54) is 17.7 Å². The van der Waals surface area contributed by atoms with E-state index in [0.29, 0.717) is 23.8 Å². The lowest BCUT2D eigenvalue weighted by atomic mass is 9.86. The van der Waals surface area contributed by atoms with Crippen LogP contribution in [-0.4, -0.2) is 50.5 Å². The summed E-state index contributed by atoms with van der Waals surface area (Å²) in [5, 5.41) is 22.3. The third-order valence-electron chi connectivity index (χ3n) is 9.45. The number of aromatic nitrogens is 2. The Morgan fingerprint density at radius 3 is 2.69 bits per heavy atom. The average Bonchev–Trinajstić information content (AvgIpc) is 3.48. The van der Waals surface area contributed by atoms with Gasteiger partial charge in [-0.2, -0.15) is 8.78 Å². The fourth-order valence-corrected chi connectivity index (χ4v) is 7.32. The number of pyridine rings is 2. The predicted octanol–water partition coefficient (Wildman–Crippen LogP) is 4.01. The van der Waals surface area contributed by atoms with Crippen molar-refractivity contribution in [1.29, 1.82) is 0 Å². The summed E-state index contributed by atoms with van der Waals surface area (Å²) in [4.78, 5) is 32.7. The molecule has 2 aromatic heterocycles. The summed E-state index contributed by atoms with van der Waals surface area (Å²) in [6.07, 6.45) is 5.47. The Labute approximate surface area is 237 Å². The number of carbonyl (C=O) groups is 1. The Kier molecular flexibility index (Phi) is 6.04. The zero-order valence-corrected chi connectivity index (χ0v) is 22.4. The summed E-state index contributed by atoms with van der Waals surface area (Å²) in [5.41, 5.74) is 0.809. The topological polar surface area (TPSA) is 108 Å². The van der Waals surface area contributed by atoms with Gasteiger partial charge in [-0.3, -0.25) is 14.2 Å². The normalized spacial score (nSPS) is 25.8. The van der Waals surface area contributed by atoms with Gasteiger partial charge >= 0.3 is 5.92 Å². The molecule has 3 atom stereocenters. The second-order valence-corrected chi connectivity index (χ2v) is 12.0. The second-order valence-electron chi connectivity index (χ2n) is 12.0. The van der Waals surface area contributed by atoms with Gasteiger partial charge in [-0.25, -0.2) is 13.8 Å². The molecular weight excluding hydrogens is 556 g/mol. The zero-order chi connectivity index (χ0) is 29.6. The molecule has 1 saturated heterocycles. The van der Waals surface area contributed by atoms with Crippen LogP contribution in [0.1, 0.15) is 48.9 Å². The molecule has 3 aliphatic carbocycles. The molecule has 3 N–H and O–H groups in total. The van der Waals surface area contributed by atoms with E-state index >= 15 is 4.39 Å². The van der Waals surface area contributed by atoms with E-state index in [4.69, 9.17) is 0 Å². The standard InChI is InChI=1S/C30H28F4N4O4/c31-17-2-5-24(22(32)12-17)38-13-21(28(40)35-23-11-15-9-16-1-3-18(23)20(16)10-15)26(39)19-4-6-25(36-27(19)38)37-8-7-30(41,42)29(33,34)14-37/h2,4-6,12-13,15-16,20,41-42H,1,3,7-11,14H2,(H,35,40). The van der Waals surface area contributed by atoms with Crippen molar-refractivity contribution in [2.75, 3.05) is 18.0 Å². The van der Waals surface area contributed by atoms with Gasteiger partial charge in [-0.1, -0.05) is 0 Å². The number of benzene rings is 1. The molecule has 2 saturated carbocycles. The maximum Gasteiger partial charge on any atom is 0.317 e. The van der Waals surface area contributed by atoms with E-state index in [0.717, 1.165) is 65.6 Å². The number of rotatable bonds is 4. The lowest BCUT2D eigenvalue weighted by Crippen LogP contribution is -2.60. The monoisotopic (exact) mass is 584 g/mol. The number of anilines is 1. The number of nitrogens with one attached hydrogen (secondary N) is 1. The number of alkyl halides is 2. The van der Waals surface area contributed by atoms with Gasteiger partial charge in [0.25, 0.3) is 5.91 Å². The van der Waals surface area contributed by atoms with E-state index in [-0.39, 0.29) is 34.6 Å². The molecule has 1 aliphatic heterocycles. The number of fused-ring (bicyclic) bond motifs is 2. The number of allylic oxidation sites excluding steroid dienone is 2. The van der Waals surface area contributed by atoms with Crippen LogP contribution >= 0.6 is 0 Å². The van der Waals surface area contributed by atoms with Crippen molar-refractivity contribution in [1.82, 2.24) is 14.9 Å². The van der Waals surface area contributed by atoms with Gasteiger partial charge in [0.15, 0.2) is 5.65 Å². The average molecular weight is 585 g/mol. The van der Waals surface area contributed by atoms with Crippen molar-refractivity contribution < 1.29 is 32.6 Å². The summed E-state index contributed by atoms with van der Waals surface area (Å²) in [7, 11) is 0. The summed E-state index contributed by atoms with van der Waals surface area (Å²) in [5.74, 6) is -7.95. The van der Waals surface area contributed by atoms with Crippen LogP contribution < -0.4 is 15.6 Å². The molecule has 220 valence electrons. The number of hydrogen-bond acceptors (Lipinski definition) is 6. The van der Waals surface area contributed by atoms with Crippen LogP contribution in [0.5, 0.6) is 0 Å². The van der Waals surface area contributed by atoms with Crippen LogP contribution in [0.4, 0.5) is 23.4 Å². The smallest absolute Gasteiger partial charge is 0.317 e. The molecular formula is C30H28F4N4O4. The van der Waals surface area contributed by atoms with Gasteiger partial charge in [-0.05, 0) is 79.7 Å². The highest BCUT2D eigenvalue weighted by molar-refractivity contribution is 5.98. The van der Waals surface area contributed by atoms with Gasteiger partial charge in [0.05, 0.1) is 17.6 Å². The van der Waals surface area contributed by atoms with Crippen LogP contribution in [0.3, 0.4) is 0 Å². The number of halogens is 4. The lowest BCUT2D eigenvalue weighted by Gasteiger charge is -2.41. The first kappa shape index (κ1) is 27.1. The summed E-state index contributed by atoms with van der Waals surface area (Å²) < 4.78 is 58.8. The lowest BCUT2D eigenvalue weighted by molar-refractivity contribution is -0.300. The fraction of sp³-hybridized carbons (Fsp3) is 0.433. The number of aliphatic hydroxyl groups is 2. The van der Waals surface area contributed by atoms with Crippen LogP contribution in [0.15, 0.2) is 52.6 Å². The van der Waals surface area contributed by atoms with Crippen LogP contribution in [0.25, 0.3) is 16.7 Å². The Morgan fingerprint density at radius 2 is 1.93 bits per heavy atom. The highest BCUT2D eigenvalue weighted by Gasteiger charge is 2.55. The highest BCUT2D eigenvalue weighted by atomic mass is 19.3. The first-order chi connectivity index (χ1) is 19.9. The first-order valence-electron chi connectivity index (χ1n) is 14.0. The third-order valence-corrected chi connectivity index (χ3v) is 9.45. The molecule has 2 bridgehead atoms. The van der Waals surface area contributed by atoms with Crippen LogP contribution in [0.2, 0.25) is 0 Å². The molecule has 4 aliphatic rings. The van der Waals surface area contributed by atoms with Gasteiger partial charge in [-0.15, -0.1) is 0 Å². The summed E-state index contributed by atoms with van der Waals surface area (Å²) in [6.45, 7) is -1.24. The SMILES string of the molecule is O=C(NC1=C2CCC3CC(C1)CC23)c1cn(-c2ccc(F)cc2F)c2nc(N3CCC(O)(O)C(F)(F)C3)ccc2c1=O. The minimum absolute atomic E-state index is 0.0222. The fourth-order valence-electron chi connectivity index (χ4n) is 7.32. The van der Waals surface area contributed by atoms with Crippen LogP contribution in [0, 0.1) is 29.4 Å². The van der Waals surface area contributed by atoms with Crippen molar-refractivity contribution in [3.8, 4) is 5.69 Å². The number of nitrogens with zero attached hydrogens (tertiary/aromatic N) is 3. The molecule has 1 aromatic carbocycles. The van der Waals surface area contributed by atoms with Gasteiger partial charge < -0.3 is 20.4 Å². The minimum Gasteiger partial charge on any atom is -0.361 e. The van der Waals surface area contributed by atoms with E-state index < -0.39 is 47.6 Å². The van der Waals surface area contributed by atoms with E-state index in [1.807, 2.05) is 0 Å². The van der Waals surface area contributed by atoms with Crippen molar-refractivity contribution in [3.63, 3.8) is 0 Å². The Bertz CT molecular complexity index is 1740. The molecule has 12 heteroatoms. The van der Waals surface area contributed by atoms with Crippen molar-refractivity contribution in [3.05, 3.63) is 75.2 Å². The van der Waals surface area contributed by atoms with Crippen molar-refractivity contribution in [2.45, 2.75) is 50.2 Å². The molecule has 8 nitrogen and oxygen atoms in total. The van der Waals surface area contributed by atoms with E-state index in [1.54, 1.807) is 0 Å². The van der Waals surface area contributed by atoms with Crippen molar-refractivity contribution in [2.24, 2.45) is 17.8 Å².